The number of ether oxygens (including phenoxy) is 3. The zero-order chi connectivity index (χ0) is 26.7. The van der Waals surface area contributed by atoms with E-state index in [1.807, 2.05) is 0 Å². The quantitative estimate of drug-likeness (QED) is 0.236. The monoisotopic (exact) mass is 532 g/mol. The molecule has 4 unspecified atom stereocenters. The highest BCUT2D eigenvalue weighted by atomic mass is 16.6. The first kappa shape index (κ1) is 28.3. The second-order valence-electron chi connectivity index (χ2n) is 10.9. The second kappa shape index (κ2) is 14.4. The Balaban J connectivity index is 1.15. The van der Waals surface area contributed by atoms with E-state index in [0.29, 0.717) is 48.7 Å². The molecule has 10 nitrogen and oxygen atoms in total. The molecule has 0 aliphatic heterocycles. The Morgan fingerprint density at radius 1 is 0.684 bits per heavy atom. The molecule has 38 heavy (non-hydrogen) atoms. The average Bonchev–Trinajstić information content (AvgIpc) is 3.74. The van der Waals surface area contributed by atoms with Gasteiger partial charge in [-0.3, -0.25) is 0 Å². The largest absolute Gasteiger partial charge is 0.449 e. The Bertz CT molecular complexity index is 774. The molecule has 0 radical (unpaired) electrons. The summed E-state index contributed by atoms with van der Waals surface area (Å²) < 4.78 is 16.3. The second-order valence-corrected chi connectivity index (χ2v) is 10.9. The van der Waals surface area contributed by atoms with Crippen molar-refractivity contribution in [2.24, 2.45) is 41.2 Å². The van der Waals surface area contributed by atoms with Crippen LogP contribution in [0.15, 0.2) is 24.3 Å². The number of hydrogen-bond acceptors (Lipinski definition) is 7. The molecule has 4 rings (SSSR count). The number of hydrogen-bond donors (Lipinski definition) is 4. The summed E-state index contributed by atoms with van der Waals surface area (Å²) >= 11 is 0. The Hall–Kier alpha value is -2.75. The number of alkyl carbamates (subject to hydrolysis) is 3. The highest BCUT2D eigenvalue weighted by Crippen LogP contribution is 2.53. The summed E-state index contributed by atoms with van der Waals surface area (Å²) in [6.07, 6.45) is 15.3. The predicted octanol–water partition coefficient (Wildman–Crippen LogP) is 3.48. The van der Waals surface area contributed by atoms with Crippen LogP contribution in [0, 0.1) is 35.5 Å². The van der Waals surface area contributed by atoms with E-state index >= 15 is 0 Å². The van der Waals surface area contributed by atoms with Gasteiger partial charge >= 0.3 is 18.3 Å². The van der Waals surface area contributed by atoms with Crippen LogP contribution in [0.3, 0.4) is 0 Å². The van der Waals surface area contributed by atoms with Crippen LogP contribution >= 0.6 is 0 Å². The predicted molar refractivity (Wildman–Crippen MR) is 142 cm³/mol. The number of carbonyl (C=O) groups is 3. The molecule has 5 N–H and O–H groups in total. The smallest absolute Gasteiger partial charge is 0.407 e. The van der Waals surface area contributed by atoms with Crippen LogP contribution in [-0.4, -0.2) is 63.8 Å². The van der Waals surface area contributed by atoms with Crippen molar-refractivity contribution in [3.05, 3.63) is 24.3 Å². The summed E-state index contributed by atoms with van der Waals surface area (Å²) in [5.41, 5.74) is 5.43. The van der Waals surface area contributed by atoms with Gasteiger partial charge in [-0.05, 0) is 86.9 Å². The highest BCUT2D eigenvalue weighted by Gasteiger charge is 2.50. The van der Waals surface area contributed by atoms with E-state index in [1.54, 1.807) is 0 Å². The van der Waals surface area contributed by atoms with E-state index in [4.69, 9.17) is 19.9 Å². The molecular weight excluding hydrogens is 488 g/mol. The maximum absolute atomic E-state index is 12.3. The first-order valence-electron chi connectivity index (χ1n) is 14.3. The maximum Gasteiger partial charge on any atom is 0.407 e. The van der Waals surface area contributed by atoms with Gasteiger partial charge in [-0.25, -0.2) is 14.4 Å². The molecule has 10 heteroatoms. The Morgan fingerprint density at radius 2 is 1.11 bits per heavy atom. The summed E-state index contributed by atoms with van der Waals surface area (Å²) in [5, 5.41) is 7.85. The molecule has 3 amide bonds. The molecular formula is C28H44N4O6. The van der Waals surface area contributed by atoms with Crippen LogP contribution in [0.2, 0.25) is 0 Å². The molecule has 2 saturated carbocycles. The van der Waals surface area contributed by atoms with Crippen LogP contribution in [0.1, 0.15) is 51.4 Å². The van der Waals surface area contributed by atoms with Crippen LogP contribution in [0.4, 0.5) is 14.4 Å². The Kier molecular flexibility index (Phi) is 10.7. The minimum atomic E-state index is -0.795. The van der Waals surface area contributed by atoms with Crippen molar-refractivity contribution in [3.8, 4) is 0 Å². The molecule has 0 saturated heterocycles. The zero-order valence-electron chi connectivity index (χ0n) is 22.3. The molecule has 4 aliphatic rings. The van der Waals surface area contributed by atoms with Gasteiger partial charge in [-0.2, -0.15) is 0 Å². The van der Waals surface area contributed by atoms with Gasteiger partial charge < -0.3 is 35.9 Å². The number of rotatable bonds is 11. The summed E-state index contributed by atoms with van der Waals surface area (Å²) in [6.45, 7) is 1.32. The molecule has 4 atom stereocenters. The fourth-order valence-electron chi connectivity index (χ4n) is 6.24. The molecule has 0 aromatic carbocycles. The van der Waals surface area contributed by atoms with Crippen molar-refractivity contribution >= 4 is 18.3 Å². The lowest BCUT2D eigenvalue weighted by molar-refractivity contribution is 0.0860. The van der Waals surface area contributed by atoms with Crippen molar-refractivity contribution < 1.29 is 28.6 Å². The van der Waals surface area contributed by atoms with Gasteiger partial charge in [0.2, 0.25) is 0 Å². The van der Waals surface area contributed by atoms with Crippen molar-refractivity contribution in [1.29, 1.82) is 0 Å². The lowest BCUT2D eigenvalue weighted by Crippen LogP contribution is -2.45. The van der Waals surface area contributed by atoms with Gasteiger partial charge in [-0.1, -0.05) is 24.3 Å². The molecule has 212 valence electrons. The van der Waals surface area contributed by atoms with Crippen LogP contribution in [0.25, 0.3) is 0 Å². The van der Waals surface area contributed by atoms with Gasteiger partial charge in [0.25, 0.3) is 0 Å². The molecule has 0 bridgehead atoms. The first-order valence-corrected chi connectivity index (χ1v) is 14.3. The van der Waals surface area contributed by atoms with Crippen LogP contribution in [0.5, 0.6) is 0 Å². The van der Waals surface area contributed by atoms with Gasteiger partial charge in [-0.15, -0.1) is 0 Å². The molecule has 0 aromatic rings. The number of nitrogens with one attached hydrogen (secondary N) is 3. The average molecular weight is 533 g/mol. The fraction of sp³-hybridized carbons (Fsp3) is 0.750. The molecule has 4 aliphatic carbocycles. The van der Waals surface area contributed by atoms with E-state index in [0.717, 1.165) is 51.4 Å². The maximum atomic E-state index is 12.3. The lowest BCUT2D eigenvalue weighted by Gasteiger charge is -2.19. The third-order valence-electron chi connectivity index (χ3n) is 8.47. The SMILES string of the molecule is NCCNC(=O)OC(CNC(=O)OCC1C2CCC=CCCC21)CNC(=O)OCC1C2CCC=CCCC21. The number of fused-ring (bicyclic) bond motifs is 2. The minimum Gasteiger partial charge on any atom is -0.449 e. The Morgan fingerprint density at radius 3 is 1.50 bits per heavy atom. The summed E-state index contributed by atoms with van der Waals surface area (Å²) in [7, 11) is 0. The van der Waals surface area contributed by atoms with Crippen molar-refractivity contribution in [1.82, 2.24) is 16.0 Å². The number of allylic oxidation sites excluding steroid dienone is 4. The summed E-state index contributed by atoms with van der Waals surface area (Å²) in [5.74, 6) is 3.38. The third kappa shape index (κ3) is 8.64. The number of nitrogens with two attached hydrogens (primary N) is 1. The standard InChI is InChI=1S/C28H44N4O6/c29-13-14-30-28(35)38-19(15-31-26(33)36-17-24-20-9-5-1-2-6-10-21(20)24)16-32-27(34)37-18-25-22-11-7-3-4-8-12-23(22)25/h1-4,19-25H,5-18,29H2,(H,30,35)(H,31,33)(H,32,34). The van der Waals surface area contributed by atoms with Crippen molar-refractivity contribution in [2.45, 2.75) is 57.5 Å². The van der Waals surface area contributed by atoms with Gasteiger partial charge in [0, 0.05) is 13.1 Å². The van der Waals surface area contributed by atoms with E-state index in [9.17, 15) is 14.4 Å². The topological polar surface area (TPSA) is 141 Å². The van der Waals surface area contributed by atoms with Crippen molar-refractivity contribution in [2.75, 3.05) is 39.4 Å². The Labute approximate surface area is 225 Å². The highest BCUT2D eigenvalue weighted by molar-refractivity contribution is 5.69. The third-order valence-corrected chi connectivity index (χ3v) is 8.47. The summed E-state index contributed by atoms with van der Waals surface area (Å²) in [6, 6.07) is 0. The van der Waals surface area contributed by atoms with Crippen LogP contribution in [-0.2, 0) is 14.2 Å². The van der Waals surface area contributed by atoms with Crippen molar-refractivity contribution in [3.63, 3.8) is 0 Å². The van der Waals surface area contributed by atoms with E-state index < -0.39 is 24.4 Å². The molecule has 0 heterocycles. The fourth-order valence-corrected chi connectivity index (χ4v) is 6.24. The number of amides is 3. The van der Waals surface area contributed by atoms with Gasteiger partial charge in [0.05, 0.1) is 26.3 Å². The molecule has 2 fully saturated rings. The molecule has 0 aromatic heterocycles. The van der Waals surface area contributed by atoms with E-state index in [-0.39, 0.29) is 26.2 Å². The lowest BCUT2D eigenvalue weighted by atomic mass is 10.1. The van der Waals surface area contributed by atoms with Crippen LogP contribution < -0.4 is 21.7 Å². The van der Waals surface area contributed by atoms with E-state index in [2.05, 4.69) is 40.3 Å². The molecule has 0 spiro atoms. The zero-order valence-corrected chi connectivity index (χ0v) is 22.3. The van der Waals surface area contributed by atoms with E-state index in [1.165, 1.54) is 0 Å². The number of carbonyl (C=O) groups excluding carboxylic acids is 3. The van der Waals surface area contributed by atoms with Gasteiger partial charge in [0.1, 0.15) is 6.10 Å². The van der Waals surface area contributed by atoms with Gasteiger partial charge in [0.15, 0.2) is 0 Å². The minimum absolute atomic E-state index is 0.00360. The first-order chi connectivity index (χ1) is 18.6. The summed E-state index contributed by atoms with van der Waals surface area (Å²) in [4.78, 5) is 36.7. The normalized spacial score (nSPS) is 30.0.